The Morgan fingerprint density at radius 2 is 1.62 bits per heavy atom. The molecule has 21 heavy (non-hydrogen) atoms. The Labute approximate surface area is 133 Å². The molecule has 2 aromatic rings. The van der Waals surface area contributed by atoms with Gasteiger partial charge in [0.2, 0.25) is 0 Å². The first-order valence-electron chi connectivity index (χ1n) is 7.42. The van der Waals surface area contributed by atoms with Gasteiger partial charge in [0.15, 0.2) is 0 Å². The summed E-state index contributed by atoms with van der Waals surface area (Å²) in [5, 5.41) is 4.29. The van der Waals surface area contributed by atoms with Crippen LogP contribution in [0.5, 0.6) is 0 Å². The molecule has 1 unspecified atom stereocenters. The number of likely N-dealkylation sites (N-methyl/N-ethyl adjacent to an activating group) is 1. The number of aryl methyl sites for hydroxylation is 4. The lowest BCUT2D eigenvalue weighted by Gasteiger charge is -2.20. The third kappa shape index (κ3) is 3.66. The molecule has 0 aliphatic rings. The van der Waals surface area contributed by atoms with E-state index in [0.717, 1.165) is 17.0 Å². The van der Waals surface area contributed by atoms with Gasteiger partial charge in [-0.2, -0.15) is 0 Å². The Morgan fingerprint density at radius 3 is 2.24 bits per heavy atom. The first-order valence-corrected chi connectivity index (χ1v) is 7.80. The van der Waals surface area contributed by atoms with Crippen molar-refractivity contribution in [1.29, 1.82) is 0 Å². The maximum Gasteiger partial charge on any atom is 0.0438 e. The second kappa shape index (κ2) is 6.64. The quantitative estimate of drug-likeness (QED) is 0.830. The van der Waals surface area contributed by atoms with Crippen LogP contribution < -0.4 is 5.32 Å². The molecule has 0 radical (unpaired) electrons. The van der Waals surface area contributed by atoms with E-state index in [1.807, 2.05) is 7.05 Å². The van der Waals surface area contributed by atoms with E-state index >= 15 is 0 Å². The highest BCUT2D eigenvalue weighted by Crippen LogP contribution is 2.27. The van der Waals surface area contributed by atoms with Crippen molar-refractivity contribution in [2.75, 3.05) is 7.05 Å². The van der Waals surface area contributed by atoms with Crippen molar-refractivity contribution in [3.05, 3.63) is 68.7 Å². The molecule has 0 saturated carbocycles. The first kappa shape index (κ1) is 16.1. The monoisotopic (exact) mass is 301 g/mol. The summed E-state index contributed by atoms with van der Waals surface area (Å²) in [5.41, 5.74) is 7.78. The molecule has 112 valence electrons. The van der Waals surface area contributed by atoms with E-state index in [-0.39, 0.29) is 0 Å². The summed E-state index contributed by atoms with van der Waals surface area (Å²) in [6.07, 6.45) is 0.986. The van der Waals surface area contributed by atoms with Crippen LogP contribution in [0.1, 0.15) is 39.4 Å². The van der Waals surface area contributed by atoms with Crippen molar-refractivity contribution < 1.29 is 0 Å². The molecule has 2 heteroatoms. The van der Waals surface area contributed by atoms with Gasteiger partial charge < -0.3 is 5.32 Å². The summed E-state index contributed by atoms with van der Waals surface area (Å²) in [7, 11) is 2.02. The number of hydrogen-bond donors (Lipinski definition) is 1. The SMILES string of the molecule is CNC(Cc1ccc(C)c(C)c1)c1cc(C)c(Cl)cc1C. The molecular weight excluding hydrogens is 278 g/mol. The molecule has 0 fully saturated rings. The van der Waals surface area contributed by atoms with Gasteiger partial charge in [-0.05, 0) is 80.6 Å². The van der Waals surface area contributed by atoms with Crippen LogP contribution in [0.2, 0.25) is 5.02 Å². The molecule has 0 saturated heterocycles. The van der Waals surface area contributed by atoms with Gasteiger partial charge in [-0.25, -0.2) is 0 Å². The maximum atomic E-state index is 6.21. The molecule has 0 aromatic heterocycles. The zero-order valence-corrected chi connectivity index (χ0v) is 14.3. The van der Waals surface area contributed by atoms with E-state index in [1.165, 1.54) is 27.8 Å². The van der Waals surface area contributed by atoms with Gasteiger partial charge in [-0.1, -0.05) is 35.9 Å². The predicted octanol–water partition coefficient (Wildman–Crippen LogP) is 5.08. The fraction of sp³-hybridized carbons (Fsp3) is 0.368. The van der Waals surface area contributed by atoms with Crippen LogP contribution in [0, 0.1) is 27.7 Å². The lowest BCUT2D eigenvalue weighted by atomic mass is 9.93. The molecule has 2 rings (SSSR count). The van der Waals surface area contributed by atoms with Crippen molar-refractivity contribution in [1.82, 2.24) is 5.32 Å². The number of rotatable bonds is 4. The minimum atomic E-state index is 0.308. The zero-order chi connectivity index (χ0) is 15.6. The number of halogens is 1. The van der Waals surface area contributed by atoms with Crippen molar-refractivity contribution in [3.8, 4) is 0 Å². The summed E-state index contributed by atoms with van der Waals surface area (Å²) < 4.78 is 0. The van der Waals surface area contributed by atoms with E-state index in [9.17, 15) is 0 Å². The van der Waals surface area contributed by atoms with Crippen LogP contribution in [0.3, 0.4) is 0 Å². The molecule has 2 aromatic carbocycles. The van der Waals surface area contributed by atoms with Crippen molar-refractivity contribution in [3.63, 3.8) is 0 Å². The normalized spacial score (nSPS) is 12.5. The molecule has 1 N–H and O–H groups in total. The third-order valence-electron chi connectivity index (χ3n) is 4.28. The Hall–Kier alpha value is -1.31. The maximum absolute atomic E-state index is 6.21. The van der Waals surface area contributed by atoms with Gasteiger partial charge in [-0.15, -0.1) is 0 Å². The molecule has 0 amide bonds. The minimum absolute atomic E-state index is 0.308. The van der Waals surface area contributed by atoms with Crippen molar-refractivity contribution in [2.24, 2.45) is 0 Å². The van der Waals surface area contributed by atoms with Gasteiger partial charge in [-0.3, -0.25) is 0 Å². The van der Waals surface area contributed by atoms with Crippen LogP contribution in [-0.4, -0.2) is 7.05 Å². The summed E-state index contributed by atoms with van der Waals surface area (Å²) in [6.45, 7) is 8.52. The lowest BCUT2D eigenvalue weighted by Crippen LogP contribution is -2.20. The molecule has 0 aliphatic heterocycles. The second-order valence-electron chi connectivity index (χ2n) is 5.92. The molecule has 0 bridgehead atoms. The predicted molar refractivity (Wildman–Crippen MR) is 92.3 cm³/mol. The highest BCUT2D eigenvalue weighted by atomic mass is 35.5. The van der Waals surface area contributed by atoms with Crippen LogP contribution in [0.25, 0.3) is 0 Å². The lowest BCUT2D eigenvalue weighted by molar-refractivity contribution is 0.588. The molecule has 0 aliphatic carbocycles. The van der Waals surface area contributed by atoms with Crippen LogP contribution in [0.4, 0.5) is 0 Å². The van der Waals surface area contributed by atoms with Crippen LogP contribution >= 0.6 is 11.6 Å². The average Bonchev–Trinajstić information content (AvgIpc) is 2.44. The Bertz CT molecular complexity index is 646. The zero-order valence-electron chi connectivity index (χ0n) is 13.5. The summed E-state index contributed by atoms with van der Waals surface area (Å²) in [6, 6.07) is 11.3. The molecular formula is C19H24ClN. The number of nitrogens with one attached hydrogen (secondary N) is 1. The molecule has 1 atom stereocenters. The van der Waals surface area contributed by atoms with E-state index in [0.29, 0.717) is 6.04 Å². The van der Waals surface area contributed by atoms with E-state index in [1.54, 1.807) is 0 Å². The van der Waals surface area contributed by atoms with Gasteiger partial charge in [0.05, 0.1) is 0 Å². The fourth-order valence-electron chi connectivity index (χ4n) is 2.71. The largest absolute Gasteiger partial charge is 0.313 e. The third-order valence-corrected chi connectivity index (χ3v) is 4.69. The Kier molecular flexibility index (Phi) is 5.08. The standard InChI is InChI=1S/C19H24ClN/c1-12-6-7-16(8-13(12)2)11-19(21-5)17-9-15(4)18(20)10-14(17)3/h6-10,19,21H,11H2,1-5H3. The highest BCUT2D eigenvalue weighted by molar-refractivity contribution is 6.31. The Balaban J connectivity index is 2.31. The molecule has 1 nitrogen and oxygen atoms in total. The molecule has 0 spiro atoms. The van der Waals surface area contributed by atoms with E-state index in [2.05, 4.69) is 63.3 Å². The number of benzene rings is 2. The second-order valence-corrected chi connectivity index (χ2v) is 6.33. The van der Waals surface area contributed by atoms with Gasteiger partial charge >= 0.3 is 0 Å². The van der Waals surface area contributed by atoms with Gasteiger partial charge in [0.25, 0.3) is 0 Å². The summed E-state index contributed by atoms with van der Waals surface area (Å²) >= 11 is 6.21. The average molecular weight is 302 g/mol. The van der Waals surface area contributed by atoms with Crippen molar-refractivity contribution >= 4 is 11.6 Å². The van der Waals surface area contributed by atoms with Crippen molar-refractivity contribution in [2.45, 2.75) is 40.2 Å². The van der Waals surface area contributed by atoms with Crippen LogP contribution in [-0.2, 0) is 6.42 Å². The summed E-state index contributed by atoms with van der Waals surface area (Å²) in [5.74, 6) is 0. The topological polar surface area (TPSA) is 12.0 Å². The van der Waals surface area contributed by atoms with E-state index < -0.39 is 0 Å². The fourth-order valence-corrected chi connectivity index (χ4v) is 2.93. The summed E-state index contributed by atoms with van der Waals surface area (Å²) in [4.78, 5) is 0. The van der Waals surface area contributed by atoms with Crippen LogP contribution in [0.15, 0.2) is 30.3 Å². The minimum Gasteiger partial charge on any atom is -0.313 e. The molecule has 0 heterocycles. The highest BCUT2D eigenvalue weighted by Gasteiger charge is 2.14. The number of hydrogen-bond acceptors (Lipinski definition) is 1. The Morgan fingerprint density at radius 1 is 0.905 bits per heavy atom. The van der Waals surface area contributed by atoms with Gasteiger partial charge in [0.1, 0.15) is 0 Å². The van der Waals surface area contributed by atoms with E-state index in [4.69, 9.17) is 11.6 Å². The first-order chi connectivity index (χ1) is 9.92. The smallest absolute Gasteiger partial charge is 0.0438 e. The van der Waals surface area contributed by atoms with Gasteiger partial charge in [0, 0.05) is 11.1 Å².